The quantitative estimate of drug-likeness (QED) is 0.853. The van der Waals surface area contributed by atoms with Crippen LogP contribution in [0.5, 0.6) is 0 Å². The van der Waals surface area contributed by atoms with Crippen molar-refractivity contribution in [3.05, 3.63) is 42.3 Å². The summed E-state index contributed by atoms with van der Waals surface area (Å²) in [7, 11) is 0. The summed E-state index contributed by atoms with van der Waals surface area (Å²) in [6, 6.07) is 7.84. The molecule has 1 amide bonds. The molecular weight excluding hydrogens is 278 g/mol. The molecule has 2 aromatic rings. The molecular formula is C17H19N3O2. The van der Waals surface area contributed by atoms with Crippen LogP contribution in [0.4, 0.5) is 0 Å². The minimum Gasteiger partial charge on any atom is -0.462 e. The molecule has 0 spiro atoms. The van der Waals surface area contributed by atoms with Crippen molar-refractivity contribution in [1.29, 1.82) is 0 Å². The monoisotopic (exact) mass is 297 g/mol. The number of carbonyl (C=O) groups is 1. The third-order valence-corrected chi connectivity index (χ3v) is 4.68. The van der Waals surface area contributed by atoms with Gasteiger partial charge in [-0.15, -0.1) is 0 Å². The molecule has 5 nitrogen and oxygen atoms in total. The summed E-state index contributed by atoms with van der Waals surface area (Å²) >= 11 is 0. The molecule has 5 heterocycles. The zero-order chi connectivity index (χ0) is 14.9. The van der Waals surface area contributed by atoms with E-state index in [0.717, 1.165) is 44.7 Å². The van der Waals surface area contributed by atoms with Gasteiger partial charge in [-0.05, 0) is 31.0 Å². The standard InChI is InChI=1S/C17H19N3O2/c21-17(20-10-9-19-7-4-14(20)5-8-19)13-11-16(22-12-13)15-3-1-2-6-18-15/h1-3,6,11-12,14H,4-5,7-10H2. The molecule has 3 aliphatic rings. The van der Waals surface area contributed by atoms with E-state index in [0.29, 0.717) is 17.4 Å². The molecule has 114 valence electrons. The lowest BCUT2D eigenvalue weighted by Crippen LogP contribution is -2.41. The predicted molar refractivity (Wildman–Crippen MR) is 82.4 cm³/mol. The van der Waals surface area contributed by atoms with Crippen molar-refractivity contribution in [2.24, 2.45) is 0 Å². The highest BCUT2D eigenvalue weighted by Crippen LogP contribution is 2.25. The number of furan rings is 1. The fourth-order valence-corrected chi connectivity index (χ4v) is 3.41. The number of rotatable bonds is 2. The maximum absolute atomic E-state index is 12.8. The van der Waals surface area contributed by atoms with Gasteiger partial charge in [0.2, 0.25) is 0 Å². The Morgan fingerprint density at radius 3 is 2.82 bits per heavy atom. The molecule has 5 heteroatoms. The molecule has 0 atom stereocenters. The first-order valence-electron chi connectivity index (χ1n) is 7.84. The number of hydrogen-bond donors (Lipinski definition) is 0. The highest BCUT2D eigenvalue weighted by Gasteiger charge is 2.32. The van der Waals surface area contributed by atoms with E-state index in [1.54, 1.807) is 12.5 Å². The lowest BCUT2D eigenvalue weighted by Gasteiger charge is -2.31. The Bertz CT molecular complexity index is 660. The Labute approximate surface area is 129 Å². The summed E-state index contributed by atoms with van der Waals surface area (Å²) in [5.41, 5.74) is 1.38. The molecule has 0 radical (unpaired) electrons. The zero-order valence-electron chi connectivity index (χ0n) is 12.4. The van der Waals surface area contributed by atoms with Gasteiger partial charge in [-0.3, -0.25) is 9.78 Å². The number of aromatic nitrogens is 1. The van der Waals surface area contributed by atoms with Crippen molar-refractivity contribution in [1.82, 2.24) is 14.8 Å². The largest absolute Gasteiger partial charge is 0.462 e. The number of carbonyl (C=O) groups excluding carboxylic acids is 1. The van der Waals surface area contributed by atoms with Gasteiger partial charge in [-0.2, -0.15) is 0 Å². The second kappa shape index (κ2) is 5.57. The van der Waals surface area contributed by atoms with Crippen molar-refractivity contribution >= 4 is 5.91 Å². The topological polar surface area (TPSA) is 49.6 Å². The van der Waals surface area contributed by atoms with Gasteiger partial charge in [-0.1, -0.05) is 6.07 Å². The second-order valence-corrected chi connectivity index (χ2v) is 5.99. The molecule has 0 aromatic carbocycles. The van der Waals surface area contributed by atoms with Crippen molar-refractivity contribution in [3.63, 3.8) is 0 Å². The minimum absolute atomic E-state index is 0.0830. The van der Waals surface area contributed by atoms with E-state index in [9.17, 15) is 4.79 Å². The second-order valence-electron chi connectivity index (χ2n) is 5.99. The highest BCUT2D eigenvalue weighted by atomic mass is 16.3. The van der Waals surface area contributed by atoms with Crippen LogP contribution in [-0.2, 0) is 0 Å². The maximum Gasteiger partial charge on any atom is 0.257 e. The molecule has 0 saturated carbocycles. The smallest absolute Gasteiger partial charge is 0.257 e. The summed E-state index contributed by atoms with van der Waals surface area (Å²) < 4.78 is 5.55. The van der Waals surface area contributed by atoms with Gasteiger partial charge in [0, 0.05) is 38.4 Å². The van der Waals surface area contributed by atoms with Crippen LogP contribution in [0.3, 0.4) is 0 Å². The van der Waals surface area contributed by atoms with Crippen LogP contribution in [0, 0.1) is 0 Å². The fraction of sp³-hybridized carbons (Fsp3) is 0.412. The number of fused-ring (bicyclic) bond motifs is 4. The average molecular weight is 297 g/mol. The van der Waals surface area contributed by atoms with E-state index in [-0.39, 0.29) is 5.91 Å². The van der Waals surface area contributed by atoms with Gasteiger partial charge in [0.05, 0.1) is 5.56 Å². The van der Waals surface area contributed by atoms with E-state index in [1.165, 1.54) is 0 Å². The molecule has 0 unspecified atom stereocenters. The Kier molecular flexibility index (Phi) is 3.42. The summed E-state index contributed by atoms with van der Waals surface area (Å²) in [4.78, 5) is 21.5. The van der Waals surface area contributed by atoms with Crippen LogP contribution in [-0.4, -0.2) is 52.9 Å². The van der Waals surface area contributed by atoms with Crippen molar-refractivity contribution in [3.8, 4) is 11.5 Å². The normalized spacial score (nSPS) is 24.3. The Balaban J connectivity index is 1.57. The van der Waals surface area contributed by atoms with Gasteiger partial charge in [0.1, 0.15) is 12.0 Å². The number of hydrogen-bond acceptors (Lipinski definition) is 4. The van der Waals surface area contributed by atoms with E-state index in [4.69, 9.17) is 4.42 Å². The van der Waals surface area contributed by atoms with Gasteiger partial charge in [-0.25, -0.2) is 0 Å². The minimum atomic E-state index is 0.0830. The van der Waals surface area contributed by atoms with Crippen LogP contribution < -0.4 is 0 Å². The molecule has 2 bridgehead atoms. The summed E-state index contributed by atoms with van der Waals surface area (Å²) in [6.45, 7) is 4.01. The van der Waals surface area contributed by atoms with Crippen molar-refractivity contribution < 1.29 is 9.21 Å². The molecule has 22 heavy (non-hydrogen) atoms. The van der Waals surface area contributed by atoms with Gasteiger partial charge >= 0.3 is 0 Å². The molecule has 0 aliphatic carbocycles. The van der Waals surface area contributed by atoms with Crippen molar-refractivity contribution in [2.45, 2.75) is 18.9 Å². The van der Waals surface area contributed by atoms with Crippen LogP contribution in [0.1, 0.15) is 23.2 Å². The van der Waals surface area contributed by atoms with E-state index >= 15 is 0 Å². The van der Waals surface area contributed by atoms with Crippen LogP contribution in [0.2, 0.25) is 0 Å². The molecule has 3 aliphatic heterocycles. The summed E-state index contributed by atoms with van der Waals surface area (Å²) in [5, 5.41) is 0. The van der Waals surface area contributed by atoms with Crippen LogP contribution >= 0.6 is 0 Å². The third-order valence-electron chi connectivity index (χ3n) is 4.68. The predicted octanol–water partition coefficient (Wildman–Crippen LogP) is 2.26. The van der Waals surface area contributed by atoms with Crippen LogP contribution in [0.25, 0.3) is 11.5 Å². The molecule has 2 aromatic heterocycles. The average Bonchev–Trinajstić information content (AvgIpc) is 2.88. The zero-order valence-corrected chi connectivity index (χ0v) is 12.4. The number of pyridine rings is 1. The fourth-order valence-electron chi connectivity index (χ4n) is 3.41. The summed E-state index contributed by atoms with van der Waals surface area (Å²) in [6.07, 6.45) is 5.44. The van der Waals surface area contributed by atoms with Gasteiger partial charge in [0.25, 0.3) is 5.91 Å². The lowest BCUT2D eigenvalue weighted by molar-refractivity contribution is 0.0684. The first-order chi connectivity index (χ1) is 10.8. The lowest BCUT2D eigenvalue weighted by atomic mass is 10.0. The van der Waals surface area contributed by atoms with Crippen molar-refractivity contribution in [2.75, 3.05) is 26.2 Å². The highest BCUT2D eigenvalue weighted by molar-refractivity contribution is 5.95. The Morgan fingerprint density at radius 1 is 1.18 bits per heavy atom. The van der Waals surface area contributed by atoms with E-state index in [1.807, 2.05) is 29.2 Å². The molecule has 5 rings (SSSR count). The van der Waals surface area contributed by atoms with E-state index in [2.05, 4.69) is 9.88 Å². The van der Waals surface area contributed by atoms with Crippen LogP contribution in [0.15, 0.2) is 41.1 Å². The van der Waals surface area contributed by atoms with E-state index < -0.39 is 0 Å². The summed E-state index contributed by atoms with van der Waals surface area (Å²) in [5.74, 6) is 0.728. The molecule has 3 fully saturated rings. The van der Waals surface area contributed by atoms with Gasteiger partial charge in [0.15, 0.2) is 5.76 Å². The maximum atomic E-state index is 12.8. The third kappa shape index (κ3) is 2.41. The Hall–Kier alpha value is -2.14. The Morgan fingerprint density at radius 2 is 2.05 bits per heavy atom. The molecule has 0 N–H and O–H groups in total. The number of amides is 1. The van der Waals surface area contributed by atoms with Gasteiger partial charge < -0.3 is 14.2 Å². The number of piperidine rings is 1. The number of nitrogens with zero attached hydrogens (tertiary/aromatic N) is 3. The first-order valence-corrected chi connectivity index (χ1v) is 7.84. The molecule has 3 saturated heterocycles. The SMILES string of the molecule is O=C(c1coc(-c2ccccn2)c1)N1CCN2CCC1CC2. The first kappa shape index (κ1) is 13.5.